The number of carbonyl (C=O) groups excluding carboxylic acids is 6. The van der Waals surface area contributed by atoms with Gasteiger partial charge in [-0.25, -0.2) is 28.8 Å². The van der Waals surface area contributed by atoms with Crippen molar-refractivity contribution in [2.45, 2.75) is 277 Å². The third kappa shape index (κ3) is 26.1. The Balaban J connectivity index is 0.000000239. The van der Waals surface area contributed by atoms with E-state index in [1.54, 1.807) is 79.4 Å². The molecule has 3 aromatic carbocycles. The fourth-order valence-electron chi connectivity index (χ4n) is 15.2. The lowest BCUT2D eigenvalue weighted by atomic mass is 9.87. The number of piperidine rings is 3. The zero-order valence-electron chi connectivity index (χ0n) is 67.0. The minimum atomic E-state index is -4.59. The van der Waals surface area contributed by atoms with Crippen molar-refractivity contribution in [3.63, 3.8) is 0 Å². The van der Waals surface area contributed by atoms with Crippen LogP contribution in [0.2, 0.25) is 15.1 Å². The number of aromatic nitrogens is 6. The van der Waals surface area contributed by atoms with Crippen molar-refractivity contribution in [3.05, 3.63) is 157 Å². The van der Waals surface area contributed by atoms with Crippen LogP contribution in [-0.4, -0.2) is 190 Å². The van der Waals surface area contributed by atoms with Gasteiger partial charge in [0.05, 0.1) is 62.0 Å². The number of nitrogens with one attached hydrogen (secondary N) is 1. The molecule has 0 radical (unpaired) electrons. The molecule has 3 aromatic heterocycles. The van der Waals surface area contributed by atoms with Crippen molar-refractivity contribution in [1.29, 1.82) is 0 Å². The lowest BCUT2D eigenvalue weighted by molar-refractivity contribution is -0.138. The highest BCUT2D eigenvalue weighted by Gasteiger charge is 2.47. The summed E-state index contributed by atoms with van der Waals surface area (Å²) >= 11 is 18.0. The van der Waals surface area contributed by atoms with Crippen molar-refractivity contribution in [1.82, 2.24) is 59.2 Å². The molecule has 24 nitrogen and oxygen atoms in total. The molecule has 0 unspecified atom stereocenters. The third-order valence-electron chi connectivity index (χ3n) is 20.2. The molecule has 6 amide bonds. The average molecular weight is 1690 g/mol. The molecule has 9 rings (SSSR count). The van der Waals surface area contributed by atoms with Crippen molar-refractivity contribution < 1.29 is 96.7 Å². The lowest BCUT2D eigenvalue weighted by Crippen LogP contribution is -2.58. The van der Waals surface area contributed by atoms with E-state index in [0.29, 0.717) is 90.1 Å². The highest BCUT2D eigenvalue weighted by molar-refractivity contribution is 6.31. The molecule has 6 heterocycles. The maximum absolute atomic E-state index is 13.4. The lowest BCUT2D eigenvalue weighted by Gasteiger charge is -2.47. The fraction of sp³-hybridized carbons (Fsp3) is 0.582. The molecule has 0 bridgehead atoms. The second-order valence-corrected chi connectivity index (χ2v) is 30.7. The predicted octanol–water partition coefficient (Wildman–Crippen LogP) is 19.1. The maximum atomic E-state index is 13.4. The fourth-order valence-corrected chi connectivity index (χ4v) is 15.9. The van der Waals surface area contributed by atoms with Gasteiger partial charge in [-0.1, -0.05) is 55.6 Å². The molecule has 9 atom stereocenters. The topological polar surface area (TPSA) is 242 Å². The number of carbonyl (C=O) groups is 6. The zero-order valence-corrected chi connectivity index (χ0v) is 69.2. The van der Waals surface area contributed by atoms with Crippen LogP contribution in [0.4, 0.5) is 68.3 Å². The highest BCUT2D eigenvalue weighted by Crippen LogP contribution is 2.41. The Morgan fingerprint density at radius 3 is 1.11 bits per heavy atom. The van der Waals surface area contributed by atoms with E-state index in [1.807, 2.05) is 57.6 Å². The molecule has 0 saturated carbocycles. The number of hydrogen-bond acceptors (Lipinski definition) is 15. The molecule has 636 valence electrons. The van der Waals surface area contributed by atoms with Crippen LogP contribution >= 0.6 is 34.8 Å². The van der Waals surface area contributed by atoms with Crippen molar-refractivity contribution in [2.24, 2.45) is 0 Å². The van der Waals surface area contributed by atoms with Gasteiger partial charge in [-0.05, 0) is 203 Å². The number of aromatic amines is 1. The van der Waals surface area contributed by atoms with Gasteiger partial charge in [-0.2, -0.15) is 54.8 Å². The second-order valence-electron chi connectivity index (χ2n) is 29.4. The van der Waals surface area contributed by atoms with Gasteiger partial charge < -0.3 is 57.8 Å². The maximum Gasteiger partial charge on any atom is 0.416 e. The smallest absolute Gasteiger partial charge is 0.416 e. The number of alkyl halides is 9. The molecule has 3 fully saturated rings. The van der Waals surface area contributed by atoms with Crippen LogP contribution in [0.3, 0.4) is 0 Å². The standard InChI is InChI=1S/2C27H36ClF3N4O4.C25H32ClF3N4O4/c1-6-22-14-23(34(25(36)38-5)16-18-10-19(27(29,30)31)12-20(28)11-18)15-24(35(22)26(37)39-17(3)4)13-21-8-9-33(7-2)32-21;1-6-21-13-23(33(25(36)38-5)16-18-10-19(27(29,30)31)12-20(28)11-18)15-24(35(21)26(37)39-17(3)4)14-22-8-9-32-34(22)7-2;1-5-20-12-21(13-22(11-19-6-7-30-31-19)33(20)24(35)37-15(2)3)32(23(34)36-4)14-16-8-17(25(27,28)29)10-18(26)9-16/h8-12,17,22-24H,6-7,13-16H2,1-5H3;8-12,17,21,23-24H,6-7,13-16H2,1-5H3;6-10,15,20-22H,5,11-14H2,1-4H3,(H,30,31)/t22-,23+,24+;21-,23+,24+;20-,21+,22+/m111/s1. The number of halogens is 12. The number of rotatable bonds is 23. The van der Waals surface area contributed by atoms with Crippen LogP contribution < -0.4 is 0 Å². The first-order valence-electron chi connectivity index (χ1n) is 38.3. The van der Waals surface area contributed by atoms with Gasteiger partial charge in [0.15, 0.2) is 0 Å². The third-order valence-corrected chi connectivity index (χ3v) is 20.8. The Hall–Kier alpha value is -8.85. The Bertz CT molecular complexity index is 4170. The number of hydrogen-bond donors (Lipinski definition) is 1. The summed E-state index contributed by atoms with van der Waals surface area (Å²) in [5.74, 6) is 0. The molecule has 115 heavy (non-hydrogen) atoms. The number of methoxy groups -OCH3 is 3. The summed E-state index contributed by atoms with van der Waals surface area (Å²) in [6, 6.07) is 12.2. The first kappa shape index (κ1) is 93.3. The molecule has 6 aromatic rings. The molecule has 3 aliphatic heterocycles. The summed E-state index contributed by atoms with van der Waals surface area (Å²) in [5, 5.41) is 15.6. The summed E-state index contributed by atoms with van der Waals surface area (Å²) in [6.45, 7) is 21.4. The molecular formula is C79H104Cl3F9N12O12. The van der Waals surface area contributed by atoms with Gasteiger partial charge in [-0.3, -0.25) is 14.5 Å². The predicted molar refractivity (Wildman–Crippen MR) is 412 cm³/mol. The monoisotopic (exact) mass is 1690 g/mol. The van der Waals surface area contributed by atoms with Gasteiger partial charge in [-0.15, -0.1) is 0 Å². The van der Waals surface area contributed by atoms with E-state index in [0.717, 1.165) is 53.5 Å². The molecular weight excluding hydrogens is 1590 g/mol. The molecule has 0 aliphatic carbocycles. The summed E-state index contributed by atoms with van der Waals surface area (Å²) in [6.07, 6.45) is -7.40. The quantitative estimate of drug-likeness (QED) is 0.0463. The average Bonchev–Trinajstić information content (AvgIpc) is 1.52. The minimum Gasteiger partial charge on any atom is -0.453 e. The van der Waals surface area contributed by atoms with E-state index in [2.05, 4.69) is 20.4 Å². The van der Waals surface area contributed by atoms with Crippen LogP contribution in [-0.2, 0) is 98.9 Å². The van der Waals surface area contributed by atoms with Crippen molar-refractivity contribution in [3.8, 4) is 0 Å². The van der Waals surface area contributed by atoms with Crippen LogP contribution in [0, 0.1) is 0 Å². The first-order valence-corrected chi connectivity index (χ1v) is 39.4. The van der Waals surface area contributed by atoms with Crippen LogP contribution in [0.5, 0.6) is 0 Å². The van der Waals surface area contributed by atoms with Gasteiger partial charge in [0.25, 0.3) is 0 Å². The second kappa shape index (κ2) is 41.8. The molecule has 3 aliphatic rings. The van der Waals surface area contributed by atoms with Gasteiger partial charge >= 0.3 is 55.1 Å². The largest absolute Gasteiger partial charge is 0.453 e. The summed E-state index contributed by atoms with van der Waals surface area (Å²) in [7, 11) is 3.69. The Labute approximate surface area is 679 Å². The highest BCUT2D eigenvalue weighted by atomic mass is 35.5. The van der Waals surface area contributed by atoms with E-state index in [1.165, 1.54) is 54.2 Å². The van der Waals surface area contributed by atoms with Crippen LogP contribution in [0.1, 0.15) is 184 Å². The van der Waals surface area contributed by atoms with Crippen LogP contribution in [0.25, 0.3) is 0 Å². The Morgan fingerprint density at radius 1 is 0.470 bits per heavy atom. The van der Waals surface area contributed by atoms with Crippen molar-refractivity contribution >= 4 is 71.4 Å². The number of likely N-dealkylation sites (tertiary alicyclic amines) is 3. The molecule has 0 spiro atoms. The first-order chi connectivity index (χ1) is 54.1. The SMILES string of the molecule is CC[C@@H]1C[C@H](N(Cc2cc(Cl)cc(C(F)(F)F)c2)C(=O)OC)C[C@H](Cc2ccn(CC)n2)N1C(=O)OC(C)C.CC[C@@H]1C[C@H](N(Cc2cc(Cl)cc(C(F)(F)F)c2)C(=O)OC)C[C@H](Cc2ccn[nH]2)N1C(=O)OC(C)C.CC[C@@H]1C[C@H](N(Cc2cc(Cl)cc(C(F)(F)F)c2)C(=O)OC)C[C@H](Cc2ccnn2CC)N1C(=O)OC(C)C. The van der Waals surface area contributed by atoms with Gasteiger partial charge in [0.1, 0.15) is 0 Å². The molecule has 1 N–H and O–H groups in total. The minimum absolute atomic E-state index is 0.0759. The summed E-state index contributed by atoms with van der Waals surface area (Å²) < 4.78 is 156. The summed E-state index contributed by atoms with van der Waals surface area (Å²) in [5.41, 5.74) is 0.527. The number of nitrogens with zero attached hydrogens (tertiary/aromatic N) is 11. The van der Waals surface area contributed by atoms with E-state index in [4.69, 9.17) is 63.2 Å². The zero-order chi connectivity index (χ0) is 85.1. The van der Waals surface area contributed by atoms with E-state index >= 15 is 0 Å². The number of amides is 6. The van der Waals surface area contributed by atoms with Crippen LogP contribution in [0.15, 0.2) is 91.4 Å². The summed E-state index contributed by atoms with van der Waals surface area (Å²) in [4.78, 5) is 87.9. The number of H-pyrrole nitrogens is 1. The number of aryl methyl sites for hydroxylation is 2. The number of ether oxygens (including phenoxy) is 6. The Morgan fingerprint density at radius 2 is 0.817 bits per heavy atom. The van der Waals surface area contributed by atoms with Gasteiger partial charge in [0.2, 0.25) is 0 Å². The van der Waals surface area contributed by atoms with E-state index < -0.39 is 89.9 Å². The Kier molecular flexibility index (Phi) is 33.9. The molecule has 3 saturated heterocycles. The van der Waals surface area contributed by atoms with E-state index in [-0.39, 0.29) is 106 Å². The van der Waals surface area contributed by atoms with Crippen molar-refractivity contribution in [2.75, 3.05) is 21.3 Å². The molecule has 36 heteroatoms. The van der Waals surface area contributed by atoms with Gasteiger partial charge in [0, 0.05) is 151 Å². The van der Waals surface area contributed by atoms with E-state index in [9.17, 15) is 68.3 Å². The normalized spacial score (nSPS) is 19.9. The number of benzene rings is 3.